The lowest BCUT2D eigenvalue weighted by atomic mass is 9.50. The number of carbonyl (C=O) groups is 2. The highest BCUT2D eigenvalue weighted by Gasteiger charge is 2.55. The topological polar surface area (TPSA) is 117 Å². The number of carbonyl (C=O) groups excluding carboxylic acids is 1. The molecule has 0 bridgehead atoms. The second-order valence-electron chi connectivity index (χ2n) is 11.3. The predicted octanol–water partition coefficient (Wildman–Crippen LogP) is 6.22. The third-order valence-corrected chi connectivity index (χ3v) is 9.05. The summed E-state index contributed by atoms with van der Waals surface area (Å²) in [5.74, 6) is -0.539. The number of nitrogens with zero attached hydrogens (tertiary/aromatic N) is 3. The highest BCUT2D eigenvalue weighted by atomic mass is 35.5. The van der Waals surface area contributed by atoms with Gasteiger partial charge in [0.05, 0.1) is 53.0 Å². The summed E-state index contributed by atoms with van der Waals surface area (Å²) in [6, 6.07) is 18.9. The van der Waals surface area contributed by atoms with Crippen LogP contribution in [0.5, 0.6) is 5.75 Å². The Hall–Kier alpha value is -4.35. The van der Waals surface area contributed by atoms with Crippen molar-refractivity contribution in [2.75, 3.05) is 7.11 Å². The molecule has 1 heterocycles. The van der Waals surface area contributed by atoms with Gasteiger partial charge >= 0.3 is 5.97 Å². The predicted molar refractivity (Wildman–Crippen MR) is 155 cm³/mol. The molecule has 208 valence electrons. The number of hydrogen-bond donors (Lipinski definition) is 2. The van der Waals surface area contributed by atoms with E-state index in [1.165, 1.54) is 0 Å². The number of benzene rings is 3. The second kappa shape index (κ2) is 10.2. The fraction of sp³-hybridized carbons (Fsp3) is 0.312. The van der Waals surface area contributed by atoms with Crippen molar-refractivity contribution < 1.29 is 19.4 Å². The largest absolute Gasteiger partial charge is 0.497 e. The number of nitriles is 1. The third-order valence-electron chi connectivity index (χ3n) is 8.72. The van der Waals surface area contributed by atoms with Crippen molar-refractivity contribution >= 4 is 34.4 Å². The lowest BCUT2D eigenvalue weighted by Gasteiger charge is -2.56. The van der Waals surface area contributed by atoms with E-state index < -0.39 is 5.97 Å². The third kappa shape index (κ3) is 4.81. The van der Waals surface area contributed by atoms with E-state index in [2.05, 4.69) is 16.5 Å². The van der Waals surface area contributed by atoms with Crippen LogP contribution in [-0.2, 0) is 4.79 Å². The number of aromatic nitrogens is 2. The minimum absolute atomic E-state index is 0.0301. The monoisotopic (exact) mass is 568 g/mol. The molecule has 1 aromatic heterocycles. The van der Waals surface area contributed by atoms with E-state index in [0.717, 1.165) is 29.5 Å². The van der Waals surface area contributed by atoms with Crippen molar-refractivity contribution in [1.82, 2.24) is 15.1 Å². The molecule has 3 aromatic carbocycles. The van der Waals surface area contributed by atoms with Crippen LogP contribution in [-0.4, -0.2) is 39.9 Å². The minimum atomic E-state index is -0.725. The van der Waals surface area contributed by atoms with Gasteiger partial charge in [0.1, 0.15) is 5.75 Å². The maximum Gasteiger partial charge on any atom is 0.306 e. The first-order chi connectivity index (χ1) is 19.7. The molecule has 2 fully saturated rings. The second-order valence-corrected chi connectivity index (χ2v) is 11.7. The van der Waals surface area contributed by atoms with Crippen LogP contribution in [0.25, 0.3) is 22.0 Å². The van der Waals surface area contributed by atoms with Crippen molar-refractivity contribution in [3.05, 3.63) is 82.5 Å². The average molecular weight is 569 g/mol. The maximum atomic E-state index is 13.5. The number of nitrogens with one attached hydrogen (secondary N) is 1. The van der Waals surface area contributed by atoms with E-state index in [4.69, 9.17) is 16.3 Å². The highest BCUT2D eigenvalue weighted by Crippen LogP contribution is 2.58. The summed E-state index contributed by atoms with van der Waals surface area (Å²) in [6.45, 7) is 2.02. The Bertz CT molecular complexity index is 1710. The normalized spacial score (nSPS) is 21.9. The van der Waals surface area contributed by atoms with Gasteiger partial charge in [-0.3, -0.25) is 14.3 Å². The van der Waals surface area contributed by atoms with E-state index in [1.54, 1.807) is 31.5 Å². The Morgan fingerprint density at radius 1 is 1.12 bits per heavy atom. The zero-order valence-corrected chi connectivity index (χ0v) is 23.5. The summed E-state index contributed by atoms with van der Waals surface area (Å²) in [6.07, 6.45) is 4.70. The molecule has 1 amide bonds. The van der Waals surface area contributed by atoms with Crippen LogP contribution in [0.3, 0.4) is 0 Å². The number of halogens is 1. The van der Waals surface area contributed by atoms with Crippen LogP contribution in [0.2, 0.25) is 5.02 Å². The van der Waals surface area contributed by atoms with Gasteiger partial charge in [0, 0.05) is 11.4 Å². The van der Waals surface area contributed by atoms with Crippen LogP contribution >= 0.6 is 11.6 Å². The fourth-order valence-electron chi connectivity index (χ4n) is 6.50. The number of carboxylic acids is 1. The summed E-state index contributed by atoms with van der Waals surface area (Å²) in [4.78, 5) is 24.7. The standard InChI is InChI=1S/C32H29ClN4O4/c1-18(20-3-5-21(6-4-20)22-9-19(16-34)10-25(11-22)41-2)37-29-26(7-8-28(33)27(29)17-35-37)30(38)36-24-14-32(15-24)12-23(13-32)31(39)40/h3-11,17-18,23-24H,12-15H2,1-2H3,(H,36,38)(H,39,40). The SMILES string of the molecule is COc1cc(C#N)cc(-c2ccc(C(C)n3ncc4c(Cl)ccc(C(=O)NC5CC6(C5)CC(C(=O)O)C6)c43)cc2)c1. The number of methoxy groups -OCH3 is 1. The molecule has 6 rings (SSSR count). The van der Waals surface area contributed by atoms with E-state index in [1.807, 2.05) is 48.0 Å². The van der Waals surface area contributed by atoms with E-state index in [0.29, 0.717) is 45.6 Å². The first-order valence-corrected chi connectivity index (χ1v) is 14.0. The van der Waals surface area contributed by atoms with Gasteiger partial charge in [-0.25, -0.2) is 0 Å². The summed E-state index contributed by atoms with van der Waals surface area (Å²) in [5, 5.41) is 27.6. The molecule has 1 unspecified atom stereocenters. The van der Waals surface area contributed by atoms with Crippen molar-refractivity contribution in [3.8, 4) is 22.9 Å². The highest BCUT2D eigenvalue weighted by molar-refractivity contribution is 6.36. The Labute approximate surface area is 242 Å². The van der Waals surface area contributed by atoms with Gasteiger partial charge in [-0.05, 0) is 85.0 Å². The molecule has 0 saturated heterocycles. The Balaban J connectivity index is 1.23. The van der Waals surface area contributed by atoms with Gasteiger partial charge in [0.2, 0.25) is 0 Å². The molecule has 1 spiro atoms. The zero-order valence-electron chi connectivity index (χ0n) is 22.7. The fourth-order valence-corrected chi connectivity index (χ4v) is 6.70. The average Bonchev–Trinajstić information content (AvgIpc) is 3.39. The molecule has 2 N–H and O–H groups in total. The summed E-state index contributed by atoms with van der Waals surface area (Å²) in [7, 11) is 1.58. The number of fused-ring (bicyclic) bond motifs is 1. The van der Waals surface area contributed by atoms with Crippen LogP contribution in [0.15, 0.2) is 60.8 Å². The van der Waals surface area contributed by atoms with Gasteiger partial charge in [-0.1, -0.05) is 35.9 Å². The quantitative estimate of drug-likeness (QED) is 0.273. The molecule has 9 heteroatoms. The minimum Gasteiger partial charge on any atom is -0.497 e. The van der Waals surface area contributed by atoms with E-state index in [9.17, 15) is 20.0 Å². The molecule has 2 aliphatic carbocycles. The van der Waals surface area contributed by atoms with Crippen molar-refractivity contribution in [3.63, 3.8) is 0 Å². The molecule has 2 saturated carbocycles. The van der Waals surface area contributed by atoms with E-state index in [-0.39, 0.29) is 29.3 Å². The molecule has 41 heavy (non-hydrogen) atoms. The molecule has 4 aromatic rings. The molecule has 8 nitrogen and oxygen atoms in total. The van der Waals surface area contributed by atoms with Gasteiger partial charge in [-0.2, -0.15) is 10.4 Å². The summed E-state index contributed by atoms with van der Waals surface area (Å²) < 4.78 is 7.18. The lowest BCUT2D eigenvalue weighted by Crippen LogP contribution is -2.57. The Morgan fingerprint density at radius 3 is 2.51 bits per heavy atom. The molecule has 1 atom stereocenters. The first-order valence-electron chi connectivity index (χ1n) is 13.6. The first kappa shape index (κ1) is 26.9. The lowest BCUT2D eigenvalue weighted by molar-refractivity contribution is -0.155. The number of carboxylic acid groups (broad SMARTS) is 1. The summed E-state index contributed by atoms with van der Waals surface area (Å²) >= 11 is 6.52. The van der Waals surface area contributed by atoms with Crippen LogP contribution in [0.1, 0.15) is 60.1 Å². The number of rotatable bonds is 7. The maximum absolute atomic E-state index is 13.5. The molecule has 0 aliphatic heterocycles. The molecular formula is C32H29ClN4O4. The van der Waals surface area contributed by atoms with Gasteiger partial charge in [0.25, 0.3) is 5.91 Å². The van der Waals surface area contributed by atoms with Crippen molar-refractivity contribution in [1.29, 1.82) is 5.26 Å². The van der Waals surface area contributed by atoms with Gasteiger partial charge in [0.15, 0.2) is 0 Å². The van der Waals surface area contributed by atoms with Crippen LogP contribution < -0.4 is 10.1 Å². The smallest absolute Gasteiger partial charge is 0.306 e. The number of amides is 1. The molecular weight excluding hydrogens is 540 g/mol. The summed E-state index contributed by atoms with van der Waals surface area (Å²) in [5.41, 5.74) is 4.59. The van der Waals surface area contributed by atoms with Gasteiger partial charge < -0.3 is 15.2 Å². The van der Waals surface area contributed by atoms with Gasteiger partial charge in [-0.15, -0.1) is 0 Å². The zero-order chi connectivity index (χ0) is 28.9. The Kier molecular flexibility index (Phi) is 6.71. The number of ether oxygens (including phenoxy) is 1. The van der Waals surface area contributed by atoms with Crippen molar-refractivity contribution in [2.24, 2.45) is 11.3 Å². The molecule has 2 aliphatic rings. The molecule has 0 radical (unpaired) electrons. The van der Waals surface area contributed by atoms with Crippen LogP contribution in [0.4, 0.5) is 0 Å². The van der Waals surface area contributed by atoms with E-state index >= 15 is 0 Å². The van der Waals surface area contributed by atoms with Crippen LogP contribution in [0, 0.1) is 22.7 Å². The Morgan fingerprint density at radius 2 is 1.85 bits per heavy atom. The number of aliphatic carboxylic acids is 1. The number of hydrogen-bond acceptors (Lipinski definition) is 5. The van der Waals surface area contributed by atoms with Crippen molar-refractivity contribution in [2.45, 2.75) is 44.7 Å².